The molecule has 0 saturated heterocycles. The van der Waals surface area contributed by atoms with E-state index >= 15 is 0 Å². The predicted molar refractivity (Wildman–Crippen MR) is 56.5 cm³/mol. The average Bonchev–Trinajstić information content (AvgIpc) is 2.16. The molecule has 0 spiro atoms. The SMILES string of the molecule is CCOC(=O)CS(=O)(=O)CCCC(=O)OC. The van der Waals surface area contributed by atoms with Crippen LogP contribution in [0.1, 0.15) is 19.8 Å². The van der Waals surface area contributed by atoms with Gasteiger partial charge in [-0.2, -0.15) is 0 Å². The van der Waals surface area contributed by atoms with Gasteiger partial charge in [0.25, 0.3) is 0 Å². The zero-order valence-corrected chi connectivity index (χ0v) is 10.2. The lowest BCUT2D eigenvalue weighted by Crippen LogP contribution is -2.21. The van der Waals surface area contributed by atoms with E-state index in [0.29, 0.717) is 0 Å². The predicted octanol–water partition coefficient (Wildman–Crippen LogP) is -0.0825. The number of hydrogen-bond donors (Lipinski definition) is 0. The molecule has 0 aromatic rings. The molecule has 0 saturated carbocycles. The Morgan fingerprint density at radius 3 is 2.31 bits per heavy atom. The van der Waals surface area contributed by atoms with Crippen LogP contribution in [0.2, 0.25) is 0 Å². The molecule has 0 rings (SSSR count). The summed E-state index contributed by atoms with van der Waals surface area (Å²) in [5.41, 5.74) is 0. The molecular weight excluding hydrogens is 236 g/mol. The minimum atomic E-state index is -3.49. The second kappa shape index (κ2) is 7.21. The van der Waals surface area contributed by atoms with Gasteiger partial charge >= 0.3 is 11.9 Å². The smallest absolute Gasteiger partial charge is 0.321 e. The molecule has 0 radical (unpaired) electrons. The first-order chi connectivity index (χ1) is 7.41. The van der Waals surface area contributed by atoms with Gasteiger partial charge in [-0.15, -0.1) is 0 Å². The van der Waals surface area contributed by atoms with Crippen molar-refractivity contribution in [3.05, 3.63) is 0 Å². The molecular formula is C9H16O6S. The number of sulfone groups is 1. The summed E-state index contributed by atoms with van der Waals surface area (Å²) in [4.78, 5) is 21.6. The molecule has 0 aromatic carbocycles. The molecule has 0 fully saturated rings. The highest BCUT2D eigenvalue weighted by molar-refractivity contribution is 7.92. The Morgan fingerprint density at radius 2 is 1.81 bits per heavy atom. The minimum absolute atomic E-state index is 0.0263. The number of carbonyl (C=O) groups excluding carboxylic acids is 2. The quantitative estimate of drug-likeness (QED) is 0.589. The number of rotatable bonds is 7. The van der Waals surface area contributed by atoms with Gasteiger partial charge in [0.2, 0.25) is 0 Å². The zero-order valence-electron chi connectivity index (χ0n) is 9.39. The molecule has 0 heterocycles. The molecule has 0 aliphatic carbocycles. The highest BCUT2D eigenvalue weighted by atomic mass is 32.2. The molecule has 16 heavy (non-hydrogen) atoms. The summed E-state index contributed by atoms with van der Waals surface area (Å²) < 4.78 is 31.5. The zero-order chi connectivity index (χ0) is 12.6. The van der Waals surface area contributed by atoms with Crippen LogP contribution < -0.4 is 0 Å². The number of carbonyl (C=O) groups is 2. The lowest BCUT2D eigenvalue weighted by atomic mass is 10.3. The van der Waals surface area contributed by atoms with Crippen molar-refractivity contribution in [2.24, 2.45) is 0 Å². The van der Waals surface area contributed by atoms with Gasteiger partial charge in [0, 0.05) is 6.42 Å². The van der Waals surface area contributed by atoms with E-state index < -0.39 is 27.5 Å². The summed E-state index contributed by atoms with van der Waals surface area (Å²) >= 11 is 0. The first-order valence-electron chi connectivity index (χ1n) is 4.84. The molecule has 0 aromatic heterocycles. The van der Waals surface area contributed by atoms with E-state index in [1.807, 2.05) is 0 Å². The number of hydrogen-bond acceptors (Lipinski definition) is 6. The van der Waals surface area contributed by atoms with E-state index in [-0.39, 0.29) is 25.2 Å². The van der Waals surface area contributed by atoms with Crippen molar-refractivity contribution >= 4 is 21.8 Å². The third-order valence-corrected chi connectivity index (χ3v) is 3.29. The van der Waals surface area contributed by atoms with Gasteiger partial charge in [-0.1, -0.05) is 0 Å². The maximum Gasteiger partial charge on any atom is 0.321 e. The van der Waals surface area contributed by atoms with Crippen molar-refractivity contribution in [3.8, 4) is 0 Å². The third kappa shape index (κ3) is 7.22. The van der Waals surface area contributed by atoms with Crippen molar-refractivity contribution in [2.45, 2.75) is 19.8 Å². The first kappa shape index (κ1) is 14.9. The van der Waals surface area contributed by atoms with E-state index in [4.69, 9.17) is 0 Å². The standard InChI is InChI=1S/C9H16O6S/c1-3-15-9(11)7-16(12,13)6-4-5-8(10)14-2/h3-7H2,1-2H3. The average molecular weight is 252 g/mol. The van der Waals surface area contributed by atoms with Crippen LogP contribution >= 0.6 is 0 Å². The van der Waals surface area contributed by atoms with Gasteiger partial charge < -0.3 is 9.47 Å². The molecule has 0 unspecified atom stereocenters. The van der Waals surface area contributed by atoms with E-state index in [0.717, 1.165) is 0 Å². The van der Waals surface area contributed by atoms with Crippen molar-refractivity contribution in [1.29, 1.82) is 0 Å². The normalized spacial score (nSPS) is 10.9. The first-order valence-corrected chi connectivity index (χ1v) is 6.66. The van der Waals surface area contributed by atoms with E-state index in [1.54, 1.807) is 6.92 Å². The Kier molecular flexibility index (Phi) is 6.71. The number of esters is 2. The fourth-order valence-corrected chi connectivity index (χ4v) is 2.16. The highest BCUT2D eigenvalue weighted by Crippen LogP contribution is 2.00. The Bertz CT molecular complexity index is 332. The highest BCUT2D eigenvalue weighted by Gasteiger charge is 2.17. The van der Waals surface area contributed by atoms with Crippen LogP contribution in [0, 0.1) is 0 Å². The lowest BCUT2D eigenvalue weighted by molar-refractivity contribution is -0.141. The topological polar surface area (TPSA) is 86.7 Å². The van der Waals surface area contributed by atoms with Gasteiger partial charge in [-0.3, -0.25) is 9.59 Å². The van der Waals surface area contributed by atoms with Crippen LogP contribution in [-0.2, 0) is 28.9 Å². The van der Waals surface area contributed by atoms with Crippen molar-refractivity contribution in [3.63, 3.8) is 0 Å². The molecule has 0 N–H and O–H groups in total. The number of ether oxygens (including phenoxy) is 2. The second-order valence-corrected chi connectivity index (χ2v) is 5.26. The molecule has 94 valence electrons. The third-order valence-electron chi connectivity index (χ3n) is 1.71. The molecule has 0 atom stereocenters. The summed E-state index contributed by atoms with van der Waals surface area (Å²) in [7, 11) is -2.26. The molecule has 0 aliphatic rings. The van der Waals surface area contributed by atoms with Crippen molar-refractivity contribution < 1.29 is 27.5 Å². The molecule has 0 amide bonds. The molecule has 0 bridgehead atoms. The Hall–Kier alpha value is -1.11. The van der Waals surface area contributed by atoms with Gasteiger partial charge in [-0.25, -0.2) is 8.42 Å². The summed E-state index contributed by atoms with van der Waals surface area (Å²) in [5.74, 6) is -2.09. The largest absolute Gasteiger partial charge is 0.469 e. The van der Waals surface area contributed by atoms with Crippen LogP contribution in [0.3, 0.4) is 0 Å². The molecule has 0 aliphatic heterocycles. The maximum absolute atomic E-state index is 11.3. The maximum atomic E-state index is 11.3. The lowest BCUT2D eigenvalue weighted by Gasteiger charge is -2.03. The molecule has 7 heteroatoms. The summed E-state index contributed by atoms with van der Waals surface area (Å²) in [6.45, 7) is 1.75. The second-order valence-electron chi connectivity index (χ2n) is 3.08. The molecule has 6 nitrogen and oxygen atoms in total. The van der Waals surface area contributed by atoms with Crippen molar-refractivity contribution in [2.75, 3.05) is 25.2 Å². The van der Waals surface area contributed by atoms with Crippen LogP contribution in [0.5, 0.6) is 0 Å². The van der Waals surface area contributed by atoms with Gasteiger partial charge in [-0.05, 0) is 13.3 Å². The van der Waals surface area contributed by atoms with Crippen LogP contribution in [-0.4, -0.2) is 45.6 Å². The fraction of sp³-hybridized carbons (Fsp3) is 0.778. The summed E-state index contributed by atoms with van der Waals surface area (Å²) in [6.07, 6.45) is 0.174. The summed E-state index contributed by atoms with van der Waals surface area (Å²) in [5, 5.41) is 0. The van der Waals surface area contributed by atoms with Gasteiger partial charge in [0.1, 0.15) is 5.75 Å². The Morgan fingerprint density at radius 1 is 1.19 bits per heavy atom. The van der Waals surface area contributed by atoms with Gasteiger partial charge in [0.15, 0.2) is 9.84 Å². The number of methoxy groups -OCH3 is 1. The van der Waals surface area contributed by atoms with Gasteiger partial charge in [0.05, 0.1) is 19.5 Å². The van der Waals surface area contributed by atoms with Crippen LogP contribution in [0.25, 0.3) is 0 Å². The minimum Gasteiger partial charge on any atom is -0.469 e. The van der Waals surface area contributed by atoms with Crippen molar-refractivity contribution in [1.82, 2.24) is 0 Å². The fourth-order valence-electron chi connectivity index (χ4n) is 0.993. The van der Waals surface area contributed by atoms with Crippen LogP contribution in [0.4, 0.5) is 0 Å². The summed E-state index contributed by atoms with van der Waals surface area (Å²) in [6, 6.07) is 0. The van der Waals surface area contributed by atoms with E-state index in [2.05, 4.69) is 9.47 Å². The Balaban J connectivity index is 3.97. The van der Waals surface area contributed by atoms with E-state index in [1.165, 1.54) is 7.11 Å². The Labute approximate surface area is 94.8 Å². The van der Waals surface area contributed by atoms with E-state index in [9.17, 15) is 18.0 Å². The monoisotopic (exact) mass is 252 g/mol. The van der Waals surface area contributed by atoms with Crippen LogP contribution in [0.15, 0.2) is 0 Å².